The molecule has 0 N–H and O–H groups in total. The number of rotatable bonds is 3. The van der Waals surface area contributed by atoms with Crippen LogP contribution in [-0.4, -0.2) is 4.57 Å². The van der Waals surface area contributed by atoms with Crippen LogP contribution in [-0.2, 0) is 5.41 Å². The Balaban J connectivity index is 1.19. The Morgan fingerprint density at radius 3 is 1.75 bits per heavy atom. The van der Waals surface area contributed by atoms with Crippen molar-refractivity contribution in [1.82, 2.24) is 4.57 Å². The molecule has 0 bridgehead atoms. The number of nitrogens with zero attached hydrogens (tertiary/aromatic N) is 1. The number of ether oxygens (including phenoxy) is 2. The number of fused-ring (bicyclic) bond motifs is 11. The van der Waals surface area contributed by atoms with Gasteiger partial charge in [-0.05, 0) is 76.9 Å². The molecule has 8 aromatic carbocycles. The highest BCUT2D eigenvalue weighted by molar-refractivity contribution is 6.15. The number of hydrogen-bond acceptors (Lipinski definition) is 2. The summed E-state index contributed by atoms with van der Waals surface area (Å²) >= 11 is 0. The fraction of sp³-hybridized carbons (Fsp3) is 0.0204. The van der Waals surface area contributed by atoms with Crippen molar-refractivity contribution in [3.8, 4) is 50.9 Å². The Bertz CT molecular complexity index is 2840. The van der Waals surface area contributed by atoms with E-state index in [1.807, 2.05) is 0 Å². The Labute approximate surface area is 301 Å². The summed E-state index contributed by atoms with van der Waals surface area (Å²) < 4.78 is 16.0. The first-order chi connectivity index (χ1) is 25.8. The van der Waals surface area contributed by atoms with Crippen molar-refractivity contribution >= 4 is 21.8 Å². The molecule has 3 heteroatoms. The van der Waals surface area contributed by atoms with Gasteiger partial charge in [0.1, 0.15) is 23.0 Å². The van der Waals surface area contributed by atoms with Crippen LogP contribution in [0.5, 0.6) is 23.0 Å². The van der Waals surface area contributed by atoms with Gasteiger partial charge in [-0.3, -0.25) is 0 Å². The Morgan fingerprint density at radius 2 is 0.962 bits per heavy atom. The molecule has 0 saturated carbocycles. The van der Waals surface area contributed by atoms with E-state index in [1.54, 1.807) is 0 Å². The van der Waals surface area contributed by atoms with E-state index in [0.717, 1.165) is 67.6 Å². The largest absolute Gasteiger partial charge is 0.457 e. The van der Waals surface area contributed by atoms with Crippen molar-refractivity contribution in [3.63, 3.8) is 0 Å². The van der Waals surface area contributed by atoms with Crippen LogP contribution in [0.15, 0.2) is 188 Å². The van der Waals surface area contributed by atoms with Gasteiger partial charge in [0.2, 0.25) is 0 Å². The Kier molecular flexibility index (Phi) is 6.17. The van der Waals surface area contributed by atoms with Crippen LogP contribution in [0, 0.1) is 0 Å². The Hall–Kier alpha value is -6.84. The van der Waals surface area contributed by atoms with Crippen molar-refractivity contribution in [2.75, 3.05) is 0 Å². The SMILES string of the molecule is c1ccc(-c2ccc3c(c2)C2(c4ccccc4Oc4cc(-c5cccc6c5c5ccccc5n6-c5ccccc5)ccc42)c2ccccc2O3)cc1. The maximum absolute atomic E-state index is 6.94. The predicted octanol–water partition coefficient (Wildman–Crippen LogP) is 12.7. The van der Waals surface area contributed by atoms with E-state index in [-0.39, 0.29) is 0 Å². The van der Waals surface area contributed by atoms with E-state index in [2.05, 4.69) is 193 Å². The first kappa shape index (κ1) is 28.9. The average molecular weight is 666 g/mol. The van der Waals surface area contributed by atoms with Gasteiger partial charge in [-0.25, -0.2) is 0 Å². The third-order valence-electron chi connectivity index (χ3n) is 10.9. The second-order valence-electron chi connectivity index (χ2n) is 13.6. The monoisotopic (exact) mass is 665 g/mol. The zero-order valence-corrected chi connectivity index (χ0v) is 28.2. The summed E-state index contributed by atoms with van der Waals surface area (Å²) in [6.45, 7) is 0. The molecule has 52 heavy (non-hydrogen) atoms. The molecular formula is C49H31NO2. The quantitative estimate of drug-likeness (QED) is 0.187. The van der Waals surface area contributed by atoms with Crippen molar-refractivity contribution < 1.29 is 9.47 Å². The minimum atomic E-state index is -0.674. The molecule has 3 heterocycles. The minimum Gasteiger partial charge on any atom is -0.457 e. The van der Waals surface area contributed by atoms with Gasteiger partial charge < -0.3 is 14.0 Å². The van der Waals surface area contributed by atoms with Crippen LogP contribution in [0.2, 0.25) is 0 Å². The zero-order chi connectivity index (χ0) is 34.2. The lowest BCUT2D eigenvalue weighted by atomic mass is 9.62. The lowest BCUT2D eigenvalue weighted by Crippen LogP contribution is -2.36. The van der Waals surface area contributed by atoms with Crippen LogP contribution in [0.3, 0.4) is 0 Å². The second kappa shape index (κ2) is 11.1. The van der Waals surface area contributed by atoms with Crippen molar-refractivity contribution in [1.29, 1.82) is 0 Å². The van der Waals surface area contributed by atoms with Crippen LogP contribution >= 0.6 is 0 Å². The number of hydrogen-bond donors (Lipinski definition) is 0. The van der Waals surface area contributed by atoms with E-state index < -0.39 is 5.41 Å². The van der Waals surface area contributed by atoms with Crippen LogP contribution in [0.1, 0.15) is 22.3 Å². The highest BCUT2D eigenvalue weighted by atomic mass is 16.5. The standard InChI is InChI=1S/C49H31NO2/c1-3-14-32(15-4-1)33-27-29-46-41(30-33)49(38-20-8-11-24-44(38)51-46)39-21-9-12-25-45(39)52-47-31-34(26-28-40(47)49)36-19-13-23-43-48(36)37-18-7-10-22-42(37)50(43)35-16-5-2-6-17-35/h1-31H. The highest BCUT2D eigenvalue weighted by Crippen LogP contribution is 2.62. The molecule has 2 aliphatic rings. The third-order valence-corrected chi connectivity index (χ3v) is 10.9. The summed E-state index contributed by atoms with van der Waals surface area (Å²) in [4.78, 5) is 0. The molecule has 1 atom stereocenters. The van der Waals surface area contributed by atoms with Gasteiger partial charge in [-0.2, -0.15) is 0 Å². The van der Waals surface area contributed by atoms with Crippen molar-refractivity contribution in [2.24, 2.45) is 0 Å². The van der Waals surface area contributed by atoms with Gasteiger partial charge in [0, 0.05) is 38.7 Å². The fourth-order valence-electron chi connectivity index (χ4n) is 8.76. The van der Waals surface area contributed by atoms with Crippen molar-refractivity contribution in [3.05, 3.63) is 210 Å². The highest BCUT2D eigenvalue weighted by Gasteiger charge is 2.50. The van der Waals surface area contributed by atoms with E-state index in [1.165, 1.54) is 27.4 Å². The molecule has 0 fully saturated rings. The lowest BCUT2D eigenvalue weighted by molar-refractivity contribution is 0.399. The van der Waals surface area contributed by atoms with Gasteiger partial charge in [0.05, 0.1) is 16.4 Å². The summed E-state index contributed by atoms with van der Waals surface area (Å²) in [5.74, 6) is 3.39. The van der Waals surface area contributed by atoms with Crippen molar-refractivity contribution in [2.45, 2.75) is 5.41 Å². The molecule has 3 nitrogen and oxygen atoms in total. The van der Waals surface area contributed by atoms with Crippen LogP contribution < -0.4 is 9.47 Å². The first-order valence-electron chi connectivity index (χ1n) is 17.8. The predicted molar refractivity (Wildman–Crippen MR) is 210 cm³/mol. The van der Waals surface area contributed by atoms with Crippen LogP contribution in [0.25, 0.3) is 49.7 Å². The Morgan fingerprint density at radius 1 is 0.365 bits per heavy atom. The molecule has 0 amide bonds. The van der Waals surface area contributed by atoms with Gasteiger partial charge in [-0.15, -0.1) is 0 Å². The molecule has 11 rings (SSSR count). The maximum Gasteiger partial charge on any atom is 0.132 e. The summed E-state index contributed by atoms with van der Waals surface area (Å²) in [5, 5.41) is 2.44. The number of para-hydroxylation sites is 4. The molecule has 244 valence electrons. The van der Waals surface area contributed by atoms with Gasteiger partial charge in [0.25, 0.3) is 0 Å². The smallest absolute Gasteiger partial charge is 0.132 e. The molecule has 0 aliphatic carbocycles. The topological polar surface area (TPSA) is 23.4 Å². The molecule has 2 aliphatic heterocycles. The molecule has 1 spiro atoms. The van der Waals surface area contributed by atoms with E-state index in [4.69, 9.17) is 9.47 Å². The zero-order valence-electron chi connectivity index (χ0n) is 28.2. The van der Waals surface area contributed by atoms with Gasteiger partial charge in [-0.1, -0.05) is 133 Å². The number of aromatic nitrogens is 1. The lowest BCUT2D eigenvalue weighted by Gasteiger charge is -2.45. The molecule has 0 saturated heterocycles. The summed E-state index contributed by atoms with van der Waals surface area (Å²) in [5.41, 5.74) is 11.8. The fourth-order valence-corrected chi connectivity index (χ4v) is 8.76. The van der Waals surface area contributed by atoms with E-state index in [0.29, 0.717) is 0 Å². The molecule has 1 unspecified atom stereocenters. The third kappa shape index (κ3) is 4.02. The van der Waals surface area contributed by atoms with E-state index >= 15 is 0 Å². The maximum atomic E-state index is 6.94. The minimum absolute atomic E-state index is 0.674. The molecule has 0 radical (unpaired) electrons. The van der Waals surface area contributed by atoms with Gasteiger partial charge in [0.15, 0.2) is 0 Å². The number of benzene rings is 8. The van der Waals surface area contributed by atoms with Gasteiger partial charge >= 0.3 is 0 Å². The molecule has 1 aromatic heterocycles. The second-order valence-corrected chi connectivity index (χ2v) is 13.6. The normalized spacial score (nSPS) is 15.3. The summed E-state index contributed by atoms with van der Waals surface area (Å²) in [6.07, 6.45) is 0. The molecular weight excluding hydrogens is 635 g/mol. The van der Waals surface area contributed by atoms with E-state index in [9.17, 15) is 0 Å². The average Bonchev–Trinajstić information content (AvgIpc) is 3.56. The first-order valence-corrected chi connectivity index (χ1v) is 17.8. The molecule has 9 aromatic rings. The van der Waals surface area contributed by atoms with Crippen LogP contribution in [0.4, 0.5) is 0 Å². The summed E-state index contributed by atoms with van der Waals surface area (Å²) in [6, 6.07) is 66.9. The summed E-state index contributed by atoms with van der Waals surface area (Å²) in [7, 11) is 0.